The minimum Gasteiger partial charge on any atom is -0.469 e. The van der Waals surface area contributed by atoms with E-state index in [9.17, 15) is 0 Å². The van der Waals surface area contributed by atoms with Crippen molar-refractivity contribution in [2.24, 2.45) is 0 Å². The normalized spacial score (nSPS) is 18.9. The van der Waals surface area contributed by atoms with Gasteiger partial charge in [-0.2, -0.15) is 0 Å². The van der Waals surface area contributed by atoms with Crippen LogP contribution in [0.5, 0.6) is 5.75 Å². The number of furan rings is 1. The highest BCUT2D eigenvalue weighted by atomic mass is 16.5. The van der Waals surface area contributed by atoms with Crippen LogP contribution in [-0.2, 0) is 0 Å². The molecule has 2 rings (SSSR count). The Bertz CT molecular complexity index is 564. The van der Waals surface area contributed by atoms with Gasteiger partial charge in [-0.1, -0.05) is 18.9 Å². The summed E-state index contributed by atoms with van der Waals surface area (Å²) in [7, 11) is 0. The fourth-order valence-corrected chi connectivity index (χ4v) is 1.44. The Kier molecular flexibility index (Phi) is 3.16. The number of hydrogen-bond donors (Lipinski definition) is 0. The summed E-state index contributed by atoms with van der Waals surface area (Å²) < 4.78 is 11.1. The molecule has 0 saturated heterocycles. The van der Waals surface area contributed by atoms with Gasteiger partial charge in [0.05, 0.1) is 0 Å². The van der Waals surface area contributed by atoms with Gasteiger partial charge in [-0.3, -0.25) is 0 Å². The van der Waals surface area contributed by atoms with Gasteiger partial charge >= 0.3 is 0 Å². The maximum Gasteiger partial charge on any atom is 0.182 e. The summed E-state index contributed by atoms with van der Waals surface area (Å²) >= 11 is 0. The molecule has 0 bridgehead atoms. The van der Waals surface area contributed by atoms with Gasteiger partial charge in [0.25, 0.3) is 0 Å². The first-order chi connectivity index (χ1) is 7.83. The van der Waals surface area contributed by atoms with E-state index in [1.54, 1.807) is 0 Å². The van der Waals surface area contributed by atoms with E-state index in [1.807, 2.05) is 37.3 Å². The quantitative estimate of drug-likeness (QED) is 0.662. The Balaban J connectivity index is 2.15. The van der Waals surface area contributed by atoms with Crippen molar-refractivity contribution in [2.45, 2.75) is 26.4 Å². The number of hydrogen-bond acceptors (Lipinski definition) is 2. The van der Waals surface area contributed by atoms with Crippen LogP contribution < -0.4 is 15.6 Å². The standard InChI is InChI=1S/C14H14O2/c1-3-5-6-7-8-12-10-14-13(16-12)9-11(4-2)15-14/h4-6,9-10,12H,3H2,1-2H3/t12-/m1/s1. The molecule has 0 saturated carbocycles. The zero-order valence-corrected chi connectivity index (χ0v) is 9.49. The molecule has 0 unspecified atom stereocenters. The summed E-state index contributed by atoms with van der Waals surface area (Å²) in [5, 5.41) is 0. The van der Waals surface area contributed by atoms with Crippen LogP contribution in [0.2, 0.25) is 0 Å². The second-order valence-corrected chi connectivity index (χ2v) is 3.47. The summed E-state index contributed by atoms with van der Waals surface area (Å²) in [6.07, 6.45) is 8.49. The van der Waals surface area contributed by atoms with E-state index in [4.69, 9.17) is 9.15 Å². The highest BCUT2D eigenvalue weighted by Crippen LogP contribution is 2.10. The third-order valence-corrected chi connectivity index (χ3v) is 2.25. The number of allylic oxidation sites excluding steroid dienone is 2. The van der Waals surface area contributed by atoms with Gasteiger partial charge in [-0.25, -0.2) is 0 Å². The Morgan fingerprint density at radius 1 is 1.50 bits per heavy atom. The molecule has 0 spiro atoms. The molecule has 0 radical (unpaired) electrons. The summed E-state index contributed by atoms with van der Waals surface area (Å²) in [5.41, 5.74) is 1.62. The fourth-order valence-electron chi connectivity index (χ4n) is 1.44. The average Bonchev–Trinajstić information content (AvgIpc) is 2.81. The maximum atomic E-state index is 5.59. The Morgan fingerprint density at radius 3 is 3.06 bits per heavy atom. The number of ether oxygens (including phenoxy) is 1. The van der Waals surface area contributed by atoms with Gasteiger partial charge in [0.2, 0.25) is 0 Å². The van der Waals surface area contributed by atoms with Gasteiger partial charge in [0.15, 0.2) is 17.3 Å². The van der Waals surface area contributed by atoms with Crippen LogP contribution in [0.4, 0.5) is 0 Å². The molecule has 2 heteroatoms. The van der Waals surface area contributed by atoms with Crippen LogP contribution in [0.25, 0.3) is 12.2 Å². The van der Waals surface area contributed by atoms with Crippen LogP contribution in [0, 0.1) is 11.8 Å². The zero-order valence-electron chi connectivity index (χ0n) is 9.49. The molecule has 1 aliphatic heterocycles. The van der Waals surface area contributed by atoms with Crippen molar-refractivity contribution in [2.75, 3.05) is 0 Å². The van der Waals surface area contributed by atoms with Crippen molar-refractivity contribution < 1.29 is 9.15 Å². The van der Waals surface area contributed by atoms with Gasteiger partial charge in [0.1, 0.15) is 5.42 Å². The lowest BCUT2D eigenvalue weighted by molar-refractivity contribution is 0.328. The van der Waals surface area contributed by atoms with Gasteiger partial charge < -0.3 is 9.15 Å². The second kappa shape index (κ2) is 4.76. The monoisotopic (exact) mass is 214 g/mol. The van der Waals surface area contributed by atoms with E-state index in [0.29, 0.717) is 0 Å². The van der Waals surface area contributed by atoms with Crippen molar-refractivity contribution in [1.82, 2.24) is 0 Å². The lowest BCUT2D eigenvalue weighted by Crippen LogP contribution is -2.06. The highest BCUT2D eigenvalue weighted by molar-refractivity contribution is 5.46. The molecule has 1 aromatic heterocycles. The van der Waals surface area contributed by atoms with Gasteiger partial charge in [-0.15, -0.1) is 0 Å². The van der Waals surface area contributed by atoms with Gasteiger partial charge in [0, 0.05) is 12.1 Å². The third-order valence-electron chi connectivity index (χ3n) is 2.25. The summed E-state index contributed by atoms with van der Waals surface area (Å²) in [4.78, 5) is 0. The van der Waals surface area contributed by atoms with E-state index >= 15 is 0 Å². The number of rotatable bonds is 1. The molecule has 0 amide bonds. The molecule has 1 aliphatic rings. The Labute approximate surface area is 94.9 Å². The van der Waals surface area contributed by atoms with Gasteiger partial charge in [-0.05, 0) is 31.4 Å². The molecular formula is C14H14O2. The van der Waals surface area contributed by atoms with Crippen LogP contribution in [0.1, 0.15) is 20.3 Å². The van der Waals surface area contributed by atoms with Crippen molar-refractivity contribution in [3.05, 3.63) is 29.0 Å². The smallest absolute Gasteiger partial charge is 0.182 e. The van der Waals surface area contributed by atoms with Crippen LogP contribution >= 0.6 is 0 Å². The third kappa shape index (κ3) is 2.20. The topological polar surface area (TPSA) is 22.4 Å². The lowest BCUT2D eigenvalue weighted by atomic mass is 10.3. The van der Waals surface area contributed by atoms with Crippen molar-refractivity contribution in [3.63, 3.8) is 0 Å². The Hall–Kier alpha value is -1.88. The second-order valence-electron chi connectivity index (χ2n) is 3.47. The first-order valence-electron chi connectivity index (χ1n) is 5.44. The van der Waals surface area contributed by atoms with E-state index in [2.05, 4.69) is 18.8 Å². The molecular weight excluding hydrogens is 200 g/mol. The SMILES string of the molecule is CC=c1cc2c(o1)=C[C@@H](C#CC=CCC)O2. The predicted octanol–water partition coefficient (Wildman–Crippen LogP) is 1.59. The molecule has 0 N–H and O–H groups in total. The molecule has 2 nitrogen and oxygen atoms in total. The minimum atomic E-state index is -0.179. The Morgan fingerprint density at radius 2 is 2.38 bits per heavy atom. The van der Waals surface area contributed by atoms with E-state index in [0.717, 1.165) is 23.0 Å². The highest BCUT2D eigenvalue weighted by Gasteiger charge is 2.15. The molecule has 0 fully saturated rings. The summed E-state index contributed by atoms with van der Waals surface area (Å²) in [6, 6.07) is 1.88. The molecule has 16 heavy (non-hydrogen) atoms. The fraction of sp³-hybridized carbons (Fsp3) is 0.286. The summed E-state index contributed by atoms with van der Waals surface area (Å²) in [5.74, 6) is 6.73. The molecule has 0 aromatic carbocycles. The first kappa shape index (κ1) is 10.6. The van der Waals surface area contributed by atoms with Crippen molar-refractivity contribution in [3.8, 4) is 17.6 Å². The molecule has 0 aliphatic carbocycles. The van der Waals surface area contributed by atoms with Crippen LogP contribution in [0.3, 0.4) is 0 Å². The molecule has 82 valence electrons. The van der Waals surface area contributed by atoms with Crippen LogP contribution in [0.15, 0.2) is 22.6 Å². The van der Waals surface area contributed by atoms with Crippen LogP contribution in [-0.4, -0.2) is 6.10 Å². The summed E-state index contributed by atoms with van der Waals surface area (Å²) in [6.45, 7) is 4.01. The van der Waals surface area contributed by atoms with Crippen molar-refractivity contribution >= 4 is 12.2 Å². The van der Waals surface area contributed by atoms with Crippen molar-refractivity contribution in [1.29, 1.82) is 0 Å². The number of fused-ring (bicyclic) bond motifs is 1. The van der Waals surface area contributed by atoms with E-state index in [1.165, 1.54) is 0 Å². The predicted molar refractivity (Wildman–Crippen MR) is 64.2 cm³/mol. The lowest BCUT2D eigenvalue weighted by Gasteiger charge is -1.99. The van der Waals surface area contributed by atoms with E-state index < -0.39 is 0 Å². The largest absolute Gasteiger partial charge is 0.469 e. The first-order valence-corrected chi connectivity index (χ1v) is 5.44. The molecule has 1 aromatic rings. The average molecular weight is 214 g/mol. The zero-order chi connectivity index (χ0) is 11.4. The maximum absolute atomic E-state index is 5.59. The molecule has 1 atom stereocenters. The minimum absolute atomic E-state index is 0.179. The molecule has 2 heterocycles. The van der Waals surface area contributed by atoms with E-state index in [-0.39, 0.29) is 6.10 Å².